The monoisotopic (exact) mass is 1190 g/mol. The third-order valence-electron chi connectivity index (χ3n) is 12.7. The first-order valence-electron chi connectivity index (χ1n) is 26.8. The quantitative estimate of drug-likeness (QED) is 0.0309. The summed E-state index contributed by atoms with van der Waals surface area (Å²) in [7, 11) is 11.2. The molecule has 0 saturated carbocycles. The molecule has 0 aliphatic heterocycles. The first-order chi connectivity index (χ1) is 41.0. The molecule has 7 heterocycles. The number of imidazole rings is 4. The molecule has 11 amide bonds. The average molecular weight is 1190 g/mol. The lowest BCUT2D eigenvalue weighted by molar-refractivity contribution is -0.121. The summed E-state index contributed by atoms with van der Waals surface area (Å²) in [5.41, 5.74) is 1.58. The smallest absolute Gasteiger partial charge is 0.291 e. The second-order valence-electron chi connectivity index (χ2n) is 19.6. The van der Waals surface area contributed by atoms with Gasteiger partial charge in [0.25, 0.3) is 41.4 Å². The number of amides is 11. The van der Waals surface area contributed by atoms with Crippen LogP contribution in [0.15, 0.2) is 67.8 Å². The Labute approximate surface area is 490 Å². The van der Waals surface area contributed by atoms with Crippen LogP contribution in [0.4, 0.5) is 34.5 Å². The van der Waals surface area contributed by atoms with Crippen molar-refractivity contribution in [2.24, 2.45) is 49.3 Å². The van der Waals surface area contributed by atoms with Gasteiger partial charge in [-0.1, -0.05) is 0 Å². The Kier molecular flexibility index (Phi) is 20.5. The summed E-state index contributed by atoms with van der Waals surface area (Å²) in [6.07, 6.45) is 12.1. The highest BCUT2D eigenvalue weighted by Gasteiger charge is 2.23. The number of anilines is 6. The number of nitrogens with zero attached hydrogens (tertiary/aromatic N) is 11. The number of aromatic nitrogens is 11. The molecular weight excluding hydrogens is 1120 g/mol. The summed E-state index contributed by atoms with van der Waals surface area (Å²) in [6.45, 7) is 2.37. The van der Waals surface area contributed by atoms with Gasteiger partial charge in [-0.3, -0.25) is 52.7 Å². The summed E-state index contributed by atoms with van der Waals surface area (Å²) in [6, 6.07) is 4.39. The number of carbonyl (C=O) groups excluding carboxylic acids is 11. The van der Waals surface area contributed by atoms with Crippen LogP contribution in [0.1, 0.15) is 113 Å². The molecule has 33 nitrogen and oxygen atoms in total. The highest BCUT2D eigenvalue weighted by molar-refractivity contribution is 6.06. The predicted octanol–water partition coefficient (Wildman–Crippen LogP) is 0.315. The molecule has 7 aromatic rings. The minimum absolute atomic E-state index is 0.0147. The molecule has 0 aliphatic rings. The van der Waals surface area contributed by atoms with Gasteiger partial charge in [-0.15, -0.1) is 0 Å². The van der Waals surface area contributed by atoms with Crippen molar-refractivity contribution < 1.29 is 52.7 Å². The maximum Gasteiger partial charge on any atom is 0.291 e. The summed E-state index contributed by atoms with van der Waals surface area (Å²) in [5, 5.41) is 29.2. The van der Waals surface area contributed by atoms with Gasteiger partial charge in [0, 0.05) is 157 Å². The van der Waals surface area contributed by atoms with Crippen LogP contribution in [0.3, 0.4) is 0 Å². The van der Waals surface area contributed by atoms with E-state index in [1.54, 1.807) is 73.2 Å². The molecule has 7 rings (SSSR count). The van der Waals surface area contributed by atoms with E-state index in [1.807, 2.05) is 0 Å². The van der Waals surface area contributed by atoms with E-state index < -0.39 is 59.1 Å². The number of nitrogens with one attached hydrogen (secondary N) is 11. The number of rotatable bonds is 27. The van der Waals surface area contributed by atoms with Crippen LogP contribution in [0.5, 0.6) is 0 Å². The molecule has 86 heavy (non-hydrogen) atoms. The summed E-state index contributed by atoms with van der Waals surface area (Å²) >= 11 is 0. The Morgan fingerprint density at radius 1 is 0.360 bits per heavy atom. The fourth-order valence-electron chi connectivity index (χ4n) is 8.51. The molecule has 0 spiro atoms. The Morgan fingerprint density at radius 2 is 0.744 bits per heavy atom. The van der Waals surface area contributed by atoms with E-state index in [0.29, 0.717) is 17.9 Å². The summed E-state index contributed by atoms with van der Waals surface area (Å²) < 4.78 is 10.3. The number of hydrogen-bond acceptors (Lipinski definition) is 15. The van der Waals surface area contributed by atoms with Crippen LogP contribution in [0.2, 0.25) is 0 Å². The molecule has 0 bridgehead atoms. The molecule has 11 N–H and O–H groups in total. The normalized spacial score (nSPS) is 10.8. The van der Waals surface area contributed by atoms with Crippen LogP contribution < -0.4 is 58.5 Å². The molecule has 7 aromatic heterocycles. The maximum absolute atomic E-state index is 13.3. The average Bonchev–Trinajstić information content (AvgIpc) is 3.11. The Morgan fingerprint density at radius 3 is 1.21 bits per heavy atom. The van der Waals surface area contributed by atoms with E-state index >= 15 is 0 Å². The molecule has 0 aliphatic carbocycles. The molecule has 0 unspecified atom stereocenters. The highest BCUT2D eigenvalue weighted by Crippen LogP contribution is 2.19. The lowest BCUT2D eigenvalue weighted by atomic mass is 10.3. The van der Waals surface area contributed by atoms with Crippen LogP contribution in [-0.4, -0.2) is 150 Å². The third kappa shape index (κ3) is 16.5. The zero-order valence-corrected chi connectivity index (χ0v) is 48.3. The highest BCUT2D eigenvalue weighted by atomic mass is 16.2. The summed E-state index contributed by atoms with van der Waals surface area (Å²) in [4.78, 5) is 157. The number of aryl methyl sites for hydroxylation is 7. The fourth-order valence-corrected chi connectivity index (χ4v) is 8.51. The van der Waals surface area contributed by atoms with E-state index in [1.165, 1.54) is 82.8 Å². The van der Waals surface area contributed by atoms with Gasteiger partial charge in [-0.05, 0) is 31.5 Å². The molecule has 0 fully saturated rings. The van der Waals surface area contributed by atoms with Crippen LogP contribution in [0.25, 0.3) is 0 Å². The maximum atomic E-state index is 13.3. The minimum Gasteiger partial charge on any atom is -0.356 e. The number of carbonyl (C=O) groups is 11. The van der Waals surface area contributed by atoms with E-state index in [-0.39, 0.29) is 128 Å². The van der Waals surface area contributed by atoms with Crippen molar-refractivity contribution in [2.45, 2.75) is 39.0 Å². The first-order valence-corrected chi connectivity index (χ1v) is 26.8. The molecule has 33 heteroatoms. The van der Waals surface area contributed by atoms with Crippen LogP contribution in [0, 0.1) is 0 Å². The van der Waals surface area contributed by atoms with Gasteiger partial charge < -0.3 is 90.5 Å². The van der Waals surface area contributed by atoms with E-state index in [0.717, 1.165) is 0 Å². The zero-order chi connectivity index (χ0) is 62.4. The van der Waals surface area contributed by atoms with Gasteiger partial charge in [-0.2, -0.15) is 0 Å². The van der Waals surface area contributed by atoms with E-state index in [2.05, 4.69) is 78.4 Å². The zero-order valence-electron chi connectivity index (χ0n) is 48.3. The summed E-state index contributed by atoms with van der Waals surface area (Å²) in [5.74, 6) is -4.94. The second kappa shape index (κ2) is 28.2. The van der Waals surface area contributed by atoms with Crippen molar-refractivity contribution >= 4 is 99.5 Å². The van der Waals surface area contributed by atoms with Crippen molar-refractivity contribution in [1.82, 2.24) is 78.5 Å². The van der Waals surface area contributed by atoms with Crippen molar-refractivity contribution in [3.63, 3.8) is 0 Å². The van der Waals surface area contributed by atoms with Crippen molar-refractivity contribution in [3.8, 4) is 0 Å². The van der Waals surface area contributed by atoms with Gasteiger partial charge in [0.05, 0.1) is 17.1 Å². The Balaban J connectivity index is 0.771. The van der Waals surface area contributed by atoms with Crippen LogP contribution in [-0.2, 0) is 68.5 Å². The molecule has 454 valence electrons. The van der Waals surface area contributed by atoms with Crippen LogP contribution >= 0.6 is 0 Å². The van der Waals surface area contributed by atoms with Gasteiger partial charge in [-0.25, -0.2) is 19.9 Å². The number of hydrogen-bond donors (Lipinski definition) is 11. The van der Waals surface area contributed by atoms with E-state index in [9.17, 15) is 52.7 Å². The molecule has 0 atom stereocenters. The molecular formula is C53H66N22O11. The van der Waals surface area contributed by atoms with Gasteiger partial charge in [0.1, 0.15) is 17.1 Å². The van der Waals surface area contributed by atoms with Crippen molar-refractivity contribution in [2.75, 3.05) is 64.6 Å². The predicted molar refractivity (Wildman–Crippen MR) is 310 cm³/mol. The second-order valence-corrected chi connectivity index (χ2v) is 19.6. The minimum atomic E-state index is -0.633. The Hall–Kier alpha value is -11.2. The van der Waals surface area contributed by atoms with E-state index in [4.69, 9.17) is 0 Å². The standard InChI is InChI=1S/C53H66N22O11/c1-9-54-39(76)12-16-58-51(84)45-67-38(29-74(45)7)68-49(82)35-21-30(24-72(35)5)60-41(78)13-18-59-50(83)44-65-36(27-73(44)6)63-40(77)11-10-15-56-47(80)33-23-32(26-70(33)3)62-53(86)46-66-37(28-75(46)8)64-42(79)14-17-57-48(81)34-22-31(25-71(34)4)61-52(85)43-55-19-20-69(43)2/h19-29H,9-18H2,1-8H3,(H,54,76)(H,56,80)(H,57,81)(H,58,84)(H,59,83)(H,60,78)(H,61,85)(H,62,86)(H,63,77)(H,64,79)(H,68,82). The SMILES string of the molecule is CCNC(=O)CCNC(=O)c1nc(NC(=O)c2cc(NC(=O)CCNC(=O)c3nc(NC(=O)CCCNC(=O)c4cc(NC(=O)c5nc(NC(=O)CCNC(=O)c6cc(NC(=O)c7nccn7C)cn6C)cn5C)cn4C)cn3C)cn2C)cn1C. The van der Waals surface area contributed by atoms with Crippen molar-refractivity contribution in [3.05, 3.63) is 108 Å². The lowest BCUT2D eigenvalue weighted by Gasteiger charge is -2.06. The van der Waals surface area contributed by atoms with Gasteiger partial charge in [0.2, 0.25) is 41.1 Å². The topological polar surface area (TPSA) is 406 Å². The Bertz CT molecular complexity index is 3730. The van der Waals surface area contributed by atoms with Gasteiger partial charge >= 0.3 is 0 Å². The fraction of sp³-hybridized carbons (Fsp3) is 0.340. The molecule has 0 saturated heterocycles. The lowest BCUT2D eigenvalue weighted by Crippen LogP contribution is -2.31. The third-order valence-corrected chi connectivity index (χ3v) is 12.7. The van der Waals surface area contributed by atoms with Crippen molar-refractivity contribution in [1.29, 1.82) is 0 Å². The molecule has 0 aromatic carbocycles. The van der Waals surface area contributed by atoms with Gasteiger partial charge in [0.15, 0.2) is 23.3 Å². The largest absolute Gasteiger partial charge is 0.356 e. The first kappa shape index (κ1) is 62.5. The molecule has 0 radical (unpaired) electrons.